The van der Waals surface area contributed by atoms with E-state index >= 15 is 0 Å². The van der Waals surface area contributed by atoms with Crippen LogP contribution in [0.3, 0.4) is 0 Å². The van der Waals surface area contributed by atoms with Crippen molar-refractivity contribution in [2.24, 2.45) is 0 Å². The molecule has 0 saturated heterocycles. The molecule has 0 radical (unpaired) electrons. The first-order valence-electron chi connectivity index (χ1n) is 3.42. The molecule has 0 aliphatic heterocycles. The maximum atomic E-state index is 13.1. The van der Waals surface area contributed by atoms with E-state index in [0.717, 1.165) is 3.57 Å². The van der Waals surface area contributed by atoms with Crippen LogP contribution < -0.4 is 4.74 Å². The standard InChI is InChI=1S/C8H7FI2O/c1-2-12-5-3-6(9)8(11)7(10)4-5/h3-4H,2H2,1H3. The monoisotopic (exact) mass is 392 g/mol. The Hall–Kier alpha value is 0.410. The van der Waals surface area contributed by atoms with E-state index in [-0.39, 0.29) is 5.82 Å². The molecule has 0 amide bonds. The lowest BCUT2D eigenvalue weighted by molar-refractivity contribution is 0.338. The highest BCUT2D eigenvalue weighted by molar-refractivity contribution is 14.1. The van der Waals surface area contributed by atoms with Gasteiger partial charge in [-0.25, -0.2) is 4.39 Å². The molecule has 0 N–H and O–H groups in total. The summed E-state index contributed by atoms with van der Waals surface area (Å²) in [7, 11) is 0. The van der Waals surface area contributed by atoms with Crippen molar-refractivity contribution in [3.63, 3.8) is 0 Å². The molecule has 1 aromatic rings. The summed E-state index contributed by atoms with van der Waals surface area (Å²) in [5.74, 6) is 0.380. The Balaban J connectivity index is 3.04. The molecule has 0 aromatic heterocycles. The summed E-state index contributed by atoms with van der Waals surface area (Å²) < 4.78 is 19.8. The third-order valence-electron chi connectivity index (χ3n) is 1.27. The summed E-state index contributed by atoms with van der Waals surface area (Å²) >= 11 is 4.06. The largest absolute Gasteiger partial charge is 0.494 e. The van der Waals surface area contributed by atoms with Crippen molar-refractivity contribution in [2.75, 3.05) is 6.61 Å². The topological polar surface area (TPSA) is 9.23 Å². The molecule has 0 saturated carbocycles. The van der Waals surface area contributed by atoms with Gasteiger partial charge in [-0.2, -0.15) is 0 Å². The zero-order chi connectivity index (χ0) is 9.14. The van der Waals surface area contributed by atoms with Crippen LogP contribution in [-0.2, 0) is 0 Å². The van der Waals surface area contributed by atoms with Gasteiger partial charge in [0.2, 0.25) is 0 Å². The number of rotatable bonds is 2. The average Bonchev–Trinajstić information content (AvgIpc) is 2.01. The van der Waals surface area contributed by atoms with Crippen LogP contribution in [-0.4, -0.2) is 6.61 Å². The first-order chi connectivity index (χ1) is 5.65. The molecular weight excluding hydrogens is 385 g/mol. The number of ether oxygens (including phenoxy) is 1. The van der Waals surface area contributed by atoms with E-state index in [2.05, 4.69) is 22.6 Å². The average molecular weight is 392 g/mol. The Morgan fingerprint density at radius 3 is 2.58 bits per heavy atom. The summed E-state index contributed by atoms with van der Waals surface area (Å²) in [5.41, 5.74) is 0. The number of hydrogen-bond donors (Lipinski definition) is 0. The normalized spacial score (nSPS) is 10.0. The van der Waals surface area contributed by atoms with E-state index in [0.29, 0.717) is 15.9 Å². The number of hydrogen-bond acceptors (Lipinski definition) is 1. The number of halogens is 3. The molecule has 0 aliphatic rings. The van der Waals surface area contributed by atoms with Crippen LogP contribution in [0.1, 0.15) is 6.92 Å². The van der Waals surface area contributed by atoms with Crippen molar-refractivity contribution < 1.29 is 9.13 Å². The van der Waals surface area contributed by atoms with Gasteiger partial charge < -0.3 is 4.74 Å². The van der Waals surface area contributed by atoms with Crippen LogP contribution in [0.25, 0.3) is 0 Å². The van der Waals surface area contributed by atoms with Gasteiger partial charge in [0.15, 0.2) is 0 Å². The van der Waals surface area contributed by atoms with Crippen molar-refractivity contribution in [1.82, 2.24) is 0 Å². The van der Waals surface area contributed by atoms with E-state index in [1.165, 1.54) is 6.07 Å². The molecule has 0 atom stereocenters. The van der Waals surface area contributed by atoms with Gasteiger partial charge in [0.05, 0.1) is 10.2 Å². The summed E-state index contributed by atoms with van der Waals surface area (Å²) in [6.07, 6.45) is 0. The Morgan fingerprint density at radius 1 is 1.42 bits per heavy atom. The summed E-state index contributed by atoms with van der Waals surface area (Å²) in [4.78, 5) is 0. The van der Waals surface area contributed by atoms with Crippen LogP contribution in [0.2, 0.25) is 0 Å². The molecular formula is C8H7FI2O. The van der Waals surface area contributed by atoms with Crippen molar-refractivity contribution in [2.45, 2.75) is 6.92 Å². The molecule has 12 heavy (non-hydrogen) atoms. The lowest BCUT2D eigenvalue weighted by Gasteiger charge is -2.05. The van der Waals surface area contributed by atoms with E-state index in [4.69, 9.17) is 4.74 Å². The van der Waals surface area contributed by atoms with E-state index in [1.54, 1.807) is 0 Å². The first kappa shape index (κ1) is 10.5. The van der Waals surface area contributed by atoms with Gasteiger partial charge >= 0.3 is 0 Å². The lowest BCUT2D eigenvalue weighted by Crippen LogP contribution is -1.95. The fraction of sp³-hybridized carbons (Fsp3) is 0.250. The van der Waals surface area contributed by atoms with E-state index in [9.17, 15) is 4.39 Å². The Labute approximate surface area is 98.0 Å². The highest BCUT2D eigenvalue weighted by Gasteiger charge is 2.06. The van der Waals surface area contributed by atoms with Gasteiger partial charge in [0, 0.05) is 9.64 Å². The zero-order valence-electron chi connectivity index (χ0n) is 6.40. The summed E-state index contributed by atoms with van der Waals surface area (Å²) in [6, 6.07) is 3.24. The van der Waals surface area contributed by atoms with Crippen molar-refractivity contribution in [3.05, 3.63) is 25.1 Å². The molecule has 66 valence electrons. The predicted octanol–water partition coefficient (Wildman–Crippen LogP) is 3.43. The van der Waals surface area contributed by atoms with Crippen LogP contribution in [0.4, 0.5) is 4.39 Å². The molecule has 0 heterocycles. The van der Waals surface area contributed by atoms with Crippen LogP contribution in [0, 0.1) is 13.0 Å². The second-order valence-electron chi connectivity index (χ2n) is 2.13. The molecule has 0 unspecified atom stereocenters. The zero-order valence-corrected chi connectivity index (χ0v) is 10.7. The molecule has 0 spiro atoms. The molecule has 1 aromatic carbocycles. The molecule has 0 fully saturated rings. The SMILES string of the molecule is CCOc1cc(F)c(I)c(I)c1. The molecule has 1 rings (SSSR count). The second-order valence-corrected chi connectivity index (χ2v) is 4.37. The quantitative estimate of drug-likeness (QED) is 0.554. The lowest BCUT2D eigenvalue weighted by atomic mass is 10.3. The third kappa shape index (κ3) is 2.45. The fourth-order valence-electron chi connectivity index (χ4n) is 0.782. The van der Waals surface area contributed by atoms with Gasteiger partial charge in [0.25, 0.3) is 0 Å². The van der Waals surface area contributed by atoms with Crippen molar-refractivity contribution in [1.29, 1.82) is 0 Å². The van der Waals surface area contributed by atoms with Gasteiger partial charge in [-0.1, -0.05) is 0 Å². The third-order valence-corrected chi connectivity index (χ3v) is 4.25. The Morgan fingerprint density at radius 2 is 2.08 bits per heavy atom. The van der Waals surface area contributed by atoms with E-state index < -0.39 is 0 Å². The van der Waals surface area contributed by atoms with Crippen molar-refractivity contribution in [3.8, 4) is 5.75 Å². The van der Waals surface area contributed by atoms with Gasteiger partial charge in [-0.05, 0) is 58.2 Å². The minimum Gasteiger partial charge on any atom is -0.494 e. The van der Waals surface area contributed by atoms with Crippen molar-refractivity contribution >= 4 is 45.2 Å². The number of benzene rings is 1. The molecule has 1 nitrogen and oxygen atoms in total. The summed E-state index contributed by atoms with van der Waals surface area (Å²) in [5, 5.41) is 0. The molecule has 0 aliphatic carbocycles. The van der Waals surface area contributed by atoms with Crippen LogP contribution in [0.5, 0.6) is 5.75 Å². The molecule has 4 heteroatoms. The van der Waals surface area contributed by atoms with Crippen LogP contribution in [0.15, 0.2) is 12.1 Å². The Bertz CT molecular complexity index is 265. The highest BCUT2D eigenvalue weighted by atomic mass is 127. The van der Waals surface area contributed by atoms with E-state index in [1.807, 2.05) is 35.6 Å². The predicted molar refractivity (Wildman–Crippen MR) is 63.0 cm³/mol. The van der Waals surface area contributed by atoms with Crippen LogP contribution >= 0.6 is 45.2 Å². The maximum absolute atomic E-state index is 13.1. The smallest absolute Gasteiger partial charge is 0.141 e. The minimum absolute atomic E-state index is 0.217. The minimum atomic E-state index is -0.217. The maximum Gasteiger partial charge on any atom is 0.141 e. The van der Waals surface area contributed by atoms with Gasteiger partial charge in [-0.15, -0.1) is 0 Å². The summed E-state index contributed by atoms with van der Waals surface area (Å²) in [6.45, 7) is 2.44. The van der Waals surface area contributed by atoms with Gasteiger partial charge in [0.1, 0.15) is 11.6 Å². The highest BCUT2D eigenvalue weighted by Crippen LogP contribution is 2.24. The first-order valence-corrected chi connectivity index (χ1v) is 5.58. The second kappa shape index (κ2) is 4.59. The fourth-order valence-corrected chi connectivity index (χ4v) is 1.66. The van der Waals surface area contributed by atoms with Gasteiger partial charge in [-0.3, -0.25) is 0 Å². The Kier molecular flexibility index (Phi) is 4.01. The molecule has 0 bridgehead atoms.